The summed E-state index contributed by atoms with van der Waals surface area (Å²) in [5.74, 6) is -0.828. The van der Waals surface area contributed by atoms with Crippen LogP contribution in [0, 0.1) is 0 Å². The van der Waals surface area contributed by atoms with Gasteiger partial charge in [0, 0.05) is 19.7 Å². The second kappa shape index (κ2) is 4.77. The van der Waals surface area contributed by atoms with Crippen LogP contribution < -0.4 is 0 Å². The Hall–Kier alpha value is -2.18. The fourth-order valence-corrected chi connectivity index (χ4v) is 1.47. The maximum atomic E-state index is 10.4. The smallest absolute Gasteiger partial charge is 0.303 e. The lowest BCUT2D eigenvalue weighted by atomic mass is 10.2. The van der Waals surface area contributed by atoms with Crippen LogP contribution >= 0.6 is 0 Å². The summed E-state index contributed by atoms with van der Waals surface area (Å²) in [5.41, 5.74) is 1.70. The van der Waals surface area contributed by atoms with Crippen molar-refractivity contribution in [2.24, 2.45) is 7.05 Å². The lowest BCUT2D eigenvalue weighted by Crippen LogP contribution is -2.04. The molecule has 17 heavy (non-hydrogen) atoms. The van der Waals surface area contributed by atoms with Gasteiger partial charge in [-0.2, -0.15) is 0 Å². The summed E-state index contributed by atoms with van der Waals surface area (Å²) in [6.07, 6.45) is 5.72. The second-order valence-corrected chi connectivity index (χ2v) is 3.80. The van der Waals surface area contributed by atoms with Crippen LogP contribution in [0.25, 0.3) is 0 Å². The summed E-state index contributed by atoms with van der Waals surface area (Å²) in [6, 6.07) is 0. The lowest BCUT2D eigenvalue weighted by molar-refractivity contribution is -0.136. The van der Waals surface area contributed by atoms with Gasteiger partial charge in [0.25, 0.3) is 0 Å². The molecule has 2 rings (SSSR count). The van der Waals surface area contributed by atoms with Crippen molar-refractivity contribution in [1.29, 1.82) is 0 Å². The van der Waals surface area contributed by atoms with Crippen LogP contribution in [0.4, 0.5) is 0 Å². The summed E-state index contributed by atoms with van der Waals surface area (Å²) >= 11 is 0. The van der Waals surface area contributed by atoms with Crippen LogP contribution in [0.3, 0.4) is 0 Å². The molecule has 0 fully saturated rings. The highest BCUT2D eigenvalue weighted by Gasteiger charge is 2.05. The molecule has 1 N–H and O–H groups in total. The Bertz CT molecular complexity index is 516. The first kappa shape index (κ1) is 11.3. The standard InChI is InChI=1S/C10H13N5O2/c1-14-7-11-4-9(14)6-15-5-8(12-13-15)2-3-10(16)17/h4-5,7H,2-3,6H2,1H3,(H,16,17). The Balaban J connectivity index is 1.99. The van der Waals surface area contributed by atoms with E-state index in [-0.39, 0.29) is 6.42 Å². The number of carboxylic acids is 1. The van der Waals surface area contributed by atoms with Gasteiger partial charge in [0.05, 0.1) is 36.9 Å². The number of nitrogens with zero attached hydrogens (tertiary/aromatic N) is 5. The van der Waals surface area contributed by atoms with E-state index < -0.39 is 5.97 Å². The fraction of sp³-hybridized carbons (Fsp3) is 0.400. The van der Waals surface area contributed by atoms with Crippen molar-refractivity contribution in [3.05, 3.63) is 30.1 Å². The van der Waals surface area contributed by atoms with Gasteiger partial charge in [0.15, 0.2) is 0 Å². The van der Waals surface area contributed by atoms with Gasteiger partial charge in [-0.15, -0.1) is 5.10 Å². The van der Waals surface area contributed by atoms with Gasteiger partial charge >= 0.3 is 5.97 Å². The minimum absolute atomic E-state index is 0.0738. The highest BCUT2D eigenvalue weighted by molar-refractivity contribution is 5.66. The minimum atomic E-state index is -0.828. The molecule has 7 nitrogen and oxygen atoms in total. The van der Waals surface area contributed by atoms with Crippen LogP contribution in [-0.4, -0.2) is 35.6 Å². The van der Waals surface area contributed by atoms with Crippen LogP contribution in [0.1, 0.15) is 17.8 Å². The number of carboxylic acid groups (broad SMARTS) is 1. The second-order valence-electron chi connectivity index (χ2n) is 3.80. The zero-order chi connectivity index (χ0) is 12.3. The molecule has 0 aliphatic heterocycles. The highest BCUT2D eigenvalue weighted by Crippen LogP contribution is 2.02. The number of rotatable bonds is 5. The van der Waals surface area contributed by atoms with Gasteiger partial charge in [0.1, 0.15) is 0 Å². The molecule has 2 aromatic rings. The van der Waals surface area contributed by atoms with E-state index in [1.54, 1.807) is 23.4 Å². The number of carbonyl (C=O) groups is 1. The van der Waals surface area contributed by atoms with Crippen molar-refractivity contribution in [1.82, 2.24) is 24.5 Å². The molecule has 90 valence electrons. The van der Waals surface area contributed by atoms with Crippen molar-refractivity contribution in [3.63, 3.8) is 0 Å². The lowest BCUT2D eigenvalue weighted by Gasteiger charge is -2.00. The molecule has 0 saturated heterocycles. The zero-order valence-corrected chi connectivity index (χ0v) is 9.44. The van der Waals surface area contributed by atoms with E-state index in [4.69, 9.17) is 5.11 Å². The first-order valence-corrected chi connectivity index (χ1v) is 5.21. The van der Waals surface area contributed by atoms with Crippen LogP contribution in [0.15, 0.2) is 18.7 Å². The molecule has 0 bridgehead atoms. The first-order valence-electron chi connectivity index (χ1n) is 5.21. The SMILES string of the molecule is Cn1cncc1Cn1cc(CCC(=O)O)nn1. The number of aryl methyl sites for hydroxylation is 2. The molecule has 7 heteroatoms. The molecule has 0 atom stereocenters. The maximum Gasteiger partial charge on any atom is 0.303 e. The van der Waals surface area contributed by atoms with Gasteiger partial charge in [-0.3, -0.25) is 4.79 Å². The third kappa shape index (κ3) is 2.90. The number of aromatic nitrogens is 5. The summed E-state index contributed by atoms with van der Waals surface area (Å²) in [5, 5.41) is 16.4. The molecule has 0 amide bonds. The normalized spacial score (nSPS) is 10.6. The first-order chi connectivity index (χ1) is 8.15. The Morgan fingerprint density at radius 1 is 1.53 bits per heavy atom. The van der Waals surface area contributed by atoms with Crippen molar-refractivity contribution in [2.45, 2.75) is 19.4 Å². The van der Waals surface area contributed by atoms with Gasteiger partial charge < -0.3 is 9.67 Å². The Labute approximate surface area is 97.7 Å². The predicted molar refractivity (Wildman–Crippen MR) is 58.3 cm³/mol. The third-order valence-corrected chi connectivity index (χ3v) is 2.42. The molecule has 0 spiro atoms. The molecule has 0 aliphatic rings. The Morgan fingerprint density at radius 2 is 2.35 bits per heavy atom. The van der Waals surface area contributed by atoms with Crippen molar-refractivity contribution in [3.8, 4) is 0 Å². The third-order valence-electron chi connectivity index (χ3n) is 2.42. The maximum absolute atomic E-state index is 10.4. The fourth-order valence-electron chi connectivity index (χ4n) is 1.47. The van der Waals surface area contributed by atoms with E-state index in [1.807, 2.05) is 11.6 Å². The topological polar surface area (TPSA) is 85.8 Å². The predicted octanol–water partition coefficient (Wildman–Crippen LogP) is 0.0771. The Morgan fingerprint density at radius 3 is 3.00 bits per heavy atom. The summed E-state index contributed by atoms with van der Waals surface area (Å²) in [6.45, 7) is 0.580. The van der Waals surface area contributed by atoms with E-state index in [1.165, 1.54) is 0 Å². The van der Waals surface area contributed by atoms with Gasteiger partial charge in [-0.25, -0.2) is 9.67 Å². The molecule has 0 aliphatic carbocycles. The van der Waals surface area contributed by atoms with Gasteiger partial charge in [-0.05, 0) is 0 Å². The largest absolute Gasteiger partial charge is 0.481 e. The van der Waals surface area contributed by atoms with Crippen molar-refractivity contribution < 1.29 is 9.90 Å². The summed E-state index contributed by atoms with van der Waals surface area (Å²) in [7, 11) is 1.91. The summed E-state index contributed by atoms with van der Waals surface area (Å²) < 4.78 is 3.58. The number of aliphatic carboxylic acids is 1. The quantitative estimate of drug-likeness (QED) is 0.793. The zero-order valence-electron chi connectivity index (χ0n) is 9.44. The molecule has 2 aromatic heterocycles. The molecule has 0 radical (unpaired) electrons. The van der Waals surface area contributed by atoms with E-state index in [9.17, 15) is 4.79 Å². The van der Waals surface area contributed by atoms with E-state index >= 15 is 0 Å². The van der Waals surface area contributed by atoms with Gasteiger partial charge in [-0.1, -0.05) is 5.21 Å². The average molecular weight is 235 g/mol. The van der Waals surface area contributed by atoms with Crippen LogP contribution in [0.2, 0.25) is 0 Å². The van der Waals surface area contributed by atoms with Gasteiger partial charge in [0.2, 0.25) is 0 Å². The highest BCUT2D eigenvalue weighted by atomic mass is 16.4. The molecule has 2 heterocycles. The molecular formula is C10H13N5O2. The van der Waals surface area contributed by atoms with E-state index in [0.29, 0.717) is 18.7 Å². The number of hydrogen-bond acceptors (Lipinski definition) is 4. The molecular weight excluding hydrogens is 222 g/mol. The molecule has 0 saturated carbocycles. The average Bonchev–Trinajstić information content (AvgIpc) is 2.87. The molecule has 0 aromatic carbocycles. The van der Waals surface area contributed by atoms with Crippen molar-refractivity contribution in [2.75, 3.05) is 0 Å². The monoisotopic (exact) mass is 235 g/mol. The minimum Gasteiger partial charge on any atom is -0.481 e. The van der Waals surface area contributed by atoms with Crippen LogP contribution in [-0.2, 0) is 24.8 Å². The van der Waals surface area contributed by atoms with E-state index in [2.05, 4.69) is 15.3 Å². The molecule has 0 unspecified atom stereocenters. The number of imidazole rings is 1. The van der Waals surface area contributed by atoms with E-state index in [0.717, 1.165) is 5.69 Å². The van der Waals surface area contributed by atoms with Crippen molar-refractivity contribution >= 4 is 5.97 Å². The summed E-state index contributed by atoms with van der Waals surface area (Å²) in [4.78, 5) is 14.4. The van der Waals surface area contributed by atoms with Crippen LogP contribution in [0.5, 0.6) is 0 Å². The Kier molecular flexibility index (Phi) is 3.17. The number of hydrogen-bond donors (Lipinski definition) is 1.